The van der Waals surface area contributed by atoms with Gasteiger partial charge in [-0.1, -0.05) is 4.73 Å². The molecule has 0 aromatic rings. The van der Waals surface area contributed by atoms with Crippen molar-refractivity contribution in [2.45, 2.75) is 12.8 Å². The van der Waals surface area contributed by atoms with E-state index in [1.54, 1.807) is 0 Å². The van der Waals surface area contributed by atoms with Crippen LogP contribution in [0.25, 0.3) is 0 Å². The minimum absolute atomic E-state index is 0.0322. The second-order valence-corrected chi connectivity index (χ2v) is 3.13. The highest BCUT2D eigenvalue weighted by atomic mass is 31.2. The van der Waals surface area contributed by atoms with Crippen molar-refractivity contribution in [2.24, 2.45) is 0 Å². The molecule has 0 fully saturated rings. The highest BCUT2D eigenvalue weighted by molar-refractivity contribution is 7.47. The second-order valence-electron chi connectivity index (χ2n) is 1.80. The molecule has 0 saturated heterocycles. The van der Waals surface area contributed by atoms with E-state index in [1.807, 2.05) is 0 Å². The zero-order chi connectivity index (χ0) is 8.74. The quantitative estimate of drug-likeness (QED) is 0.475. The van der Waals surface area contributed by atoms with Gasteiger partial charge in [0.25, 0.3) is 0 Å². The van der Waals surface area contributed by atoms with Crippen LogP contribution in [0.5, 0.6) is 0 Å². The number of aliphatic hydroxyl groups excluding tert-OH is 1. The summed E-state index contributed by atoms with van der Waals surface area (Å²) in [5.74, 6) is 0. The van der Waals surface area contributed by atoms with Crippen molar-refractivity contribution in [3.8, 4) is 0 Å². The summed E-state index contributed by atoms with van der Waals surface area (Å²) in [7, 11) is -4.46. The molecule has 7 heteroatoms. The van der Waals surface area contributed by atoms with Gasteiger partial charge in [-0.3, -0.25) is 4.52 Å². The zero-order valence-corrected chi connectivity index (χ0v) is 6.67. The first-order valence-electron chi connectivity index (χ1n) is 3.01. The maximum absolute atomic E-state index is 11.1. The summed E-state index contributed by atoms with van der Waals surface area (Å²) >= 11 is 0. The van der Waals surface area contributed by atoms with Crippen molar-refractivity contribution >= 4 is 7.82 Å². The van der Waals surface area contributed by atoms with Crippen molar-refractivity contribution in [3.63, 3.8) is 0 Å². The van der Waals surface area contributed by atoms with Crippen LogP contribution in [0, 0.1) is 0 Å². The fraction of sp³-hybridized carbons (Fsp3) is 1.00. The molecule has 11 heavy (non-hydrogen) atoms. The van der Waals surface area contributed by atoms with Crippen LogP contribution in [0.1, 0.15) is 12.8 Å². The van der Waals surface area contributed by atoms with E-state index in [9.17, 15) is 9.09 Å². The topological polar surface area (TPSA) is 76.0 Å². The molecule has 0 amide bonds. The van der Waals surface area contributed by atoms with Crippen LogP contribution in [0.2, 0.25) is 0 Å². The summed E-state index contributed by atoms with van der Waals surface area (Å²) in [5.41, 5.74) is 0. The van der Waals surface area contributed by atoms with E-state index < -0.39 is 7.82 Å². The van der Waals surface area contributed by atoms with E-state index in [-0.39, 0.29) is 13.2 Å². The fourth-order valence-electron chi connectivity index (χ4n) is 0.414. The Morgan fingerprint density at radius 1 is 1.45 bits per heavy atom. The van der Waals surface area contributed by atoms with Crippen LogP contribution in [0.3, 0.4) is 0 Å². The molecule has 0 heterocycles. The van der Waals surface area contributed by atoms with Crippen molar-refractivity contribution in [3.05, 3.63) is 0 Å². The Hall–Kier alpha value is -0.0000000000000000416. The standard InChI is InChI=1S/C4H10FO5P/c5-10-11(7,8)9-4-2-1-3-6/h6H,1-4H2,(H,7,8). The fourth-order valence-corrected chi connectivity index (χ4v) is 0.813. The molecule has 0 aliphatic carbocycles. The van der Waals surface area contributed by atoms with Gasteiger partial charge in [-0.15, -0.1) is 0 Å². The zero-order valence-electron chi connectivity index (χ0n) is 5.77. The third kappa shape index (κ3) is 6.40. The molecule has 1 unspecified atom stereocenters. The lowest BCUT2D eigenvalue weighted by atomic mass is 10.3. The molecule has 0 aromatic heterocycles. The Morgan fingerprint density at radius 3 is 2.55 bits per heavy atom. The number of hydrogen-bond acceptors (Lipinski definition) is 4. The van der Waals surface area contributed by atoms with Crippen LogP contribution < -0.4 is 0 Å². The molecule has 0 bridgehead atoms. The van der Waals surface area contributed by atoms with Crippen LogP contribution in [0.15, 0.2) is 0 Å². The normalized spacial score (nSPS) is 16.3. The maximum Gasteiger partial charge on any atom is 0.503 e. The first-order chi connectivity index (χ1) is 5.12. The minimum atomic E-state index is -4.46. The van der Waals surface area contributed by atoms with Gasteiger partial charge < -0.3 is 10.00 Å². The highest BCUT2D eigenvalue weighted by Gasteiger charge is 2.20. The summed E-state index contributed by atoms with van der Waals surface area (Å²) in [6.45, 7) is -0.145. The van der Waals surface area contributed by atoms with Crippen LogP contribution in [-0.4, -0.2) is 23.2 Å². The van der Waals surface area contributed by atoms with Gasteiger partial charge in [-0.25, -0.2) is 4.57 Å². The molecule has 68 valence electrons. The average Bonchev–Trinajstić information content (AvgIpc) is 1.99. The van der Waals surface area contributed by atoms with Crippen LogP contribution in [0.4, 0.5) is 4.53 Å². The third-order valence-electron chi connectivity index (χ3n) is 0.894. The average molecular weight is 188 g/mol. The first kappa shape index (κ1) is 11.0. The number of phosphoric acid groups is 1. The van der Waals surface area contributed by atoms with Gasteiger partial charge in [0.15, 0.2) is 0 Å². The van der Waals surface area contributed by atoms with Gasteiger partial charge in [0.1, 0.15) is 0 Å². The minimum Gasteiger partial charge on any atom is -0.396 e. The van der Waals surface area contributed by atoms with Crippen LogP contribution in [-0.2, 0) is 13.8 Å². The molecular weight excluding hydrogens is 178 g/mol. The smallest absolute Gasteiger partial charge is 0.396 e. The predicted octanol–water partition coefficient (Wildman–Crippen LogP) is 0.777. The van der Waals surface area contributed by atoms with Crippen LogP contribution >= 0.6 is 7.82 Å². The Bertz CT molecular complexity index is 140. The van der Waals surface area contributed by atoms with Gasteiger partial charge in [-0.2, -0.15) is 0 Å². The predicted molar refractivity (Wildman–Crippen MR) is 34.3 cm³/mol. The number of hydrogen-bond donors (Lipinski definition) is 2. The molecule has 5 nitrogen and oxygen atoms in total. The molecule has 0 aliphatic rings. The summed E-state index contributed by atoms with van der Waals surface area (Å²) in [6.07, 6.45) is 0.816. The van der Waals surface area contributed by atoms with E-state index in [0.717, 1.165) is 0 Å². The second kappa shape index (κ2) is 5.62. The highest BCUT2D eigenvalue weighted by Crippen LogP contribution is 2.43. The first-order valence-corrected chi connectivity index (χ1v) is 4.50. The van der Waals surface area contributed by atoms with Crippen molar-refractivity contribution in [1.29, 1.82) is 0 Å². The van der Waals surface area contributed by atoms with Gasteiger partial charge in [0.05, 0.1) is 6.61 Å². The Morgan fingerprint density at radius 2 is 2.09 bits per heavy atom. The molecule has 0 radical (unpaired) electrons. The number of aliphatic hydroxyl groups is 1. The number of halogens is 1. The molecule has 2 N–H and O–H groups in total. The van der Waals surface area contributed by atoms with Crippen molar-refractivity contribution in [1.82, 2.24) is 0 Å². The maximum atomic E-state index is 11.1. The van der Waals surface area contributed by atoms with E-state index in [2.05, 4.69) is 9.25 Å². The monoisotopic (exact) mass is 188 g/mol. The van der Waals surface area contributed by atoms with Gasteiger partial charge in [0, 0.05) is 6.61 Å². The molecule has 0 saturated carbocycles. The van der Waals surface area contributed by atoms with Crippen molar-refractivity contribution < 1.29 is 28.3 Å². The van der Waals surface area contributed by atoms with E-state index >= 15 is 0 Å². The number of phosphoric ester groups is 1. The number of rotatable bonds is 6. The third-order valence-corrected chi connectivity index (χ3v) is 1.58. The largest absolute Gasteiger partial charge is 0.503 e. The Kier molecular flexibility index (Phi) is 5.62. The van der Waals surface area contributed by atoms with E-state index in [4.69, 9.17) is 10.00 Å². The molecule has 1 atom stereocenters. The lowest BCUT2D eigenvalue weighted by molar-refractivity contribution is -0.0481. The molecular formula is C4H10FO5P. The van der Waals surface area contributed by atoms with Crippen molar-refractivity contribution in [2.75, 3.05) is 13.2 Å². The Labute approximate surface area is 63.3 Å². The van der Waals surface area contributed by atoms with Gasteiger partial charge in [0.2, 0.25) is 0 Å². The number of unbranched alkanes of at least 4 members (excludes halogenated alkanes) is 1. The van der Waals surface area contributed by atoms with E-state index in [0.29, 0.717) is 12.8 Å². The SMILES string of the molecule is O=P(O)(OF)OCCCCO. The summed E-state index contributed by atoms with van der Waals surface area (Å²) in [4.78, 5) is 8.30. The van der Waals surface area contributed by atoms with E-state index in [1.165, 1.54) is 0 Å². The Balaban J connectivity index is 3.31. The lowest BCUT2D eigenvalue weighted by Crippen LogP contribution is -1.94. The summed E-state index contributed by atoms with van der Waals surface area (Å²) in [6, 6.07) is 0. The molecule has 0 aromatic carbocycles. The molecule has 0 spiro atoms. The lowest BCUT2D eigenvalue weighted by Gasteiger charge is -2.04. The van der Waals surface area contributed by atoms with Gasteiger partial charge >= 0.3 is 7.82 Å². The molecule has 0 aliphatic heterocycles. The summed E-state index contributed by atoms with van der Waals surface area (Å²) < 4.78 is 28.0. The summed E-state index contributed by atoms with van der Waals surface area (Å²) in [5, 5.41) is 8.26. The molecule has 0 rings (SSSR count). The van der Waals surface area contributed by atoms with Gasteiger partial charge in [-0.05, 0) is 17.4 Å².